The van der Waals surface area contributed by atoms with E-state index >= 15 is 0 Å². The van der Waals surface area contributed by atoms with Crippen LogP contribution in [0.1, 0.15) is 32.3 Å². The molecule has 1 fully saturated rings. The van der Waals surface area contributed by atoms with Crippen molar-refractivity contribution in [1.29, 1.82) is 0 Å². The fraction of sp³-hybridized carbons (Fsp3) is 0.600. The molecule has 2 rings (SSSR count). The van der Waals surface area contributed by atoms with Crippen LogP contribution in [0, 0.1) is 11.7 Å². The lowest BCUT2D eigenvalue weighted by atomic mass is 10.2. The Morgan fingerprint density at radius 2 is 2.05 bits per heavy atom. The highest BCUT2D eigenvalue weighted by molar-refractivity contribution is 7.89. The van der Waals surface area contributed by atoms with E-state index in [1.807, 2.05) is 13.8 Å². The molecular formula is C15H23FN2O2S. The van der Waals surface area contributed by atoms with E-state index in [1.54, 1.807) is 7.05 Å². The van der Waals surface area contributed by atoms with Gasteiger partial charge in [-0.25, -0.2) is 12.8 Å². The number of rotatable bonds is 7. The van der Waals surface area contributed by atoms with E-state index in [0.29, 0.717) is 24.6 Å². The van der Waals surface area contributed by atoms with E-state index < -0.39 is 10.0 Å². The molecule has 0 heterocycles. The molecule has 1 aromatic rings. The molecule has 4 nitrogen and oxygen atoms in total. The van der Waals surface area contributed by atoms with Gasteiger partial charge >= 0.3 is 0 Å². The number of hydrogen-bond donors (Lipinski definition) is 1. The third-order valence-electron chi connectivity index (χ3n) is 3.70. The summed E-state index contributed by atoms with van der Waals surface area (Å²) in [5.41, 5.74) is 0.369. The second-order valence-corrected chi connectivity index (χ2v) is 7.79. The lowest BCUT2D eigenvalue weighted by Crippen LogP contribution is -2.38. The average Bonchev–Trinajstić information content (AvgIpc) is 3.22. The molecule has 0 aromatic heterocycles. The van der Waals surface area contributed by atoms with Crippen molar-refractivity contribution in [1.82, 2.24) is 9.62 Å². The van der Waals surface area contributed by atoms with Gasteiger partial charge in [-0.2, -0.15) is 4.31 Å². The van der Waals surface area contributed by atoms with Crippen LogP contribution in [0.3, 0.4) is 0 Å². The van der Waals surface area contributed by atoms with Crippen LogP contribution < -0.4 is 5.32 Å². The number of sulfonamides is 1. The first-order chi connectivity index (χ1) is 9.86. The largest absolute Gasteiger partial charge is 0.316 e. The number of halogens is 1. The third-order valence-corrected chi connectivity index (χ3v) is 5.74. The predicted molar refractivity (Wildman–Crippen MR) is 80.9 cm³/mol. The summed E-state index contributed by atoms with van der Waals surface area (Å²) in [7, 11) is -1.87. The maximum absolute atomic E-state index is 13.7. The smallest absolute Gasteiger partial charge is 0.243 e. The minimum atomic E-state index is -3.57. The van der Waals surface area contributed by atoms with Crippen molar-refractivity contribution in [3.8, 4) is 0 Å². The zero-order valence-electron chi connectivity index (χ0n) is 12.8. The zero-order chi connectivity index (χ0) is 15.6. The summed E-state index contributed by atoms with van der Waals surface area (Å²) in [5, 5.41) is 2.85. The molecule has 0 saturated heterocycles. The fourth-order valence-electron chi connectivity index (χ4n) is 2.31. The first-order valence-corrected chi connectivity index (χ1v) is 8.75. The number of nitrogens with zero attached hydrogens (tertiary/aromatic N) is 1. The van der Waals surface area contributed by atoms with Gasteiger partial charge in [0.25, 0.3) is 0 Å². The van der Waals surface area contributed by atoms with Gasteiger partial charge in [0.15, 0.2) is 0 Å². The topological polar surface area (TPSA) is 49.4 Å². The van der Waals surface area contributed by atoms with Crippen molar-refractivity contribution in [2.24, 2.45) is 5.92 Å². The fourth-order valence-corrected chi connectivity index (χ4v) is 4.08. The highest BCUT2D eigenvalue weighted by Gasteiger charge is 2.33. The molecule has 0 spiro atoms. The Balaban J connectivity index is 2.34. The molecule has 0 radical (unpaired) electrons. The van der Waals surface area contributed by atoms with Crippen LogP contribution in [0.2, 0.25) is 0 Å². The minimum Gasteiger partial charge on any atom is -0.316 e. The van der Waals surface area contributed by atoms with Crippen molar-refractivity contribution >= 4 is 10.0 Å². The molecule has 0 bridgehead atoms. The van der Waals surface area contributed by atoms with Crippen molar-refractivity contribution in [2.75, 3.05) is 13.6 Å². The van der Waals surface area contributed by atoms with Crippen LogP contribution in [0.15, 0.2) is 23.1 Å². The van der Waals surface area contributed by atoms with E-state index in [-0.39, 0.29) is 16.8 Å². The van der Waals surface area contributed by atoms with Crippen LogP contribution in [0.25, 0.3) is 0 Å². The summed E-state index contributed by atoms with van der Waals surface area (Å²) in [5.74, 6) is 0.0843. The Bertz CT molecular complexity index is 598. The SMILES string of the molecule is CNCc1cc(S(=O)(=O)N(CC2CC2)C(C)C)ccc1F. The number of nitrogens with one attached hydrogen (secondary N) is 1. The second kappa shape index (κ2) is 6.42. The normalized spacial score (nSPS) is 15.9. The lowest BCUT2D eigenvalue weighted by Gasteiger charge is -2.26. The summed E-state index contributed by atoms with van der Waals surface area (Å²) in [4.78, 5) is 0.170. The molecule has 1 aromatic carbocycles. The minimum absolute atomic E-state index is 0.103. The van der Waals surface area contributed by atoms with Gasteiger partial charge in [0.1, 0.15) is 5.82 Å². The Morgan fingerprint density at radius 3 is 2.57 bits per heavy atom. The third kappa shape index (κ3) is 3.81. The molecule has 0 amide bonds. The standard InChI is InChI=1S/C15H23FN2O2S/c1-11(2)18(10-12-4-5-12)21(19,20)14-6-7-15(16)13(8-14)9-17-3/h6-8,11-12,17H,4-5,9-10H2,1-3H3. The highest BCUT2D eigenvalue weighted by Crippen LogP contribution is 2.32. The maximum Gasteiger partial charge on any atom is 0.243 e. The molecule has 118 valence electrons. The van der Waals surface area contributed by atoms with Gasteiger partial charge < -0.3 is 5.32 Å². The molecule has 1 N–H and O–H groups in total. The maximum atomic E-state index is 13.7. The van der Waals surface area contributed by atoms with Gasteiger partial charge in [-0.05, 0) is 57.9 Å². The molecule has 0 unspecified atom stereocenters. The second-order valence-electron chi connectivity index (χ2n) is 5.90. The zero-order valence-corrected chi connectivity index (χ0v) is 13.6. The Kier molecular flexibility index (Phi) is 5.01. The van der Waals surface area contributed by atoms with E-state index in [1.165, 1.54) is 22.5 Å². The van der Waals surface area contributed by atoms with Crippen molar-refractivity contribution in [3.63, 3.8) is 0 Å². The summed E-state index contributed by atoms with van der Waals surface area (Å²) < 4.78 is 40.8. The molecule has 0 aliphatic heterocycles. The van der Waals surface area contributed by atoms with Crippen LogP contribution in [0.5, 0.6) is 0 Å². The van der Waals surface area contributed by atoms with Gasteiger partial charge in [0.2, 0.25) is 10.0 Å². The molecule has 1 saturated carbocycles. The van der Waals surface area contributed by atoms with Gasteiger partial charge in [-0.3, -0.25) is 0 Å². The first kappa shape index (κ1) is 16.4. The molecule has 1 aliphatic carbocycles. The quantitative estimate of drug-likeness (QED) is 0.840. The van der Waals surface area contributed by atoms with Crippen LogP contribution in [-0.2, 0) is 16.6 Å². The van der Waals surface area contributed by atoms with Crippen LogP contribution in [0.4, 0.5) is 4.39 Å². The predicted octanol–water partition coefficient (Wildman–Crippen LogP) is 2.35. The van der Waals surface area contributed by atoms with Crippen molar-refractivity contribution in [2.45, 2.75) is 44.2 Å². The molecular weight excluding hydrogens is 291 g/mol. The van der Waals surface area contributed by atoms with E-state index in [4.69, 9.17) is 0 Å². The van der Waals surface area contributed by atoms with E-state index in [9.17, 15) is 12.8 Å². The van der Waals surface area contributed by atoms with Crippen molar-refractivity contribution < 1.29 is 12.8 Å². The van der Waals surface area contributed by atoms with Gasteiger partial charge in [0, 0.05) is 24.7 Å². The van der Waals surface area contributed by atoms with Crippen molar-refractivity contribution in [3.05, 3.63) is 29.6 Å². The number of benzene rings is 1. The first-order valence-electron chi connectivity index (χ1n) is 7.31. The summed E-state index contributed by atoms with van der Waals surface area (Å²) in [6, 6.07) is 3.92. The Morgan fingerprint density at radius 1 is 1.38 bits per heavy atom. The summed E-state index contributed by atoms with van der Waals surface area (Å²) >= 11 is 0. The molecule has 21 heavy (non-hydrogen) atoms. The van der Waals surface area contributed by atoms with E-state index in [2.05, 4.69) is 5.32 Å². The lowest BCUT2D eigenvalue weighted by molar-refractivity contribution is 0.341. The average molecular weight is 314 g/mol. The Labute approximate surface area is 126 Å². The summed E-state index contributed by atoms with van der Waals surface area (Å²) in [6.45, 7) is 4.61. The van der Waals surface area contributed by atoms with Gasteiger partial charge in [-0.1, -0.05) is 0 Å². The van der Waals surface area contributed by atoms with Crippen LogP contribution >= 0.6 is 0 Å². The van der Waals surface area contributed by atoms with E-state index in [0.717, 1.165) is 12.8 Å². The Hall–Kier alpha value is -0.980. The van der Waals surface area contributed by atoms with Crippen LogP contribution in [-0.4, -0.2) is 32.4 Å². The molecule has 6 heteroatoms. The summed E-state index contributed by atoms with van der Waals surface area (Å²) in [6.07, 6.45) is 2.18. The monoisotopic (exact) mass is 314 g/mol. The molecule has 0 atom stereocenters. The number of hydrogen-bond acceptors (Lipinski definition) is 3. The van der Waals surface area contributed by atoms with Gasteiger partial charge in [0.05, 0.1) is 4.90 Å². The highest BCUT2D eigenvalue weighted by atomic mass is 32.2. The van der Waals surface area contributed by atoms with Gasteiger partial charge in [-0.15, -0.1) is 0 Å². The molecule has 1 aliphatic rings.